The zero-order chi connectivity index (χ0) is 23.4. The number of aromatic nitrogens is 1. The van der Waals surface area contributed by atoms with Crippen molar-refractivity contribution in [2.75, 3.05) is 34.0 Å². The molecule has 1 unspecified atom stereocenters. The molecule has 32 heavy (non-hydrogen) atoms. The molecule has 1 atom stereocenters. The van der Waals surface area contributed by atoms with Crippen molar-refractivity contribution in [3.8, 4) is 22.8 Å². The molecule has 0 N–H and O–H groups in total. The first kappa shape index (κ1) is 23.8. The van der Waals surface area contributed by atoms with Crippen molar-refractivity contribution in [2.45, 2.75) is 39.7 Å². The van der Waals surface area contributed by atoms with Crippen LogP contribution >= 0.6 is 0 Å². The summed E-state index contributed by atoms with van der Waals surface area (Å²) in [6.45, 7) is 6.80. The normalized spacial score (nSPS) is 14.7. The minimum atomic E-state index is -0.974. The van der Waals surface area contributed by atoms with Crippen LogP contribution in [0.25, 0.3) is 11.3 Å². The van der Waals surface area contributed by atoms with Gasteiger partial charge in [-0.3, -0.25) is 4.79 Å². The van der Waals surface area contributed by atoms with Crippen LogP contribution in [0.5, 0.6) is 11.5 Å². The van der Waals surface area contributed by atoms with Crippen molar-refractivity contribution in [1.82, 2.24) is 4.57 Å². The Hall–Kier alpha value is -2.87. The molecule has 1 aromatic heterocycles. The summed E-state index contributed by atoms with van der Waals surface area (Å²) in [7, 11) is 3.14. The third-order valence-electron chi connectivity index (χ3n) is 5.62. The van der Waals surface area contributed by atoms with E-state index >= 15 is 4.39 Å². The van der Waals surface area contributed by atoms with Crippen molar-refractivity contribution < 1.29 is 28.1 Å². The minimum absolute atomic E-state index is 0.0996. The van der Waals surface area contributed by atoms with Crippen LogP contribution in [0.4, 0.5) is 4.39 Å². The second kappa shape index (κ2) is 10.2. The molecule has 2 aromatic rings. The van der Waals surface area contributed by atoms with E-state index < -0.39 is 17.2 Å². The van der Waals surface area contributed by atoms with E-state index in [-0.39, 0.29) is 29.8 Å². The Morgan fingerprint density at radius 3 is 2.59 bits per heavy atom. The lowest BCUT2D eigenvalue weighted by molar-refractivity contribution is 0.0522. The summed E-state index contributed by atoms with van der Waals surface area (Å²) in [5, 5.41) is 0. The summed E-state index contributed by atoms with van der Waals surface area (Å²) in [6.07, 6.45) is 2.73. The van der Waals surface area contributed by atoms with E-state index in [0.717, 1.165) is 12.0 Å². The van der Waals surface area contributed by atoms with Gasteiger partial charge >= 0.3 is 5.97 Å². The highest BCUT2D eigenvalue weighted by atomic mass is 19.1. The molecule has 0 saturated heterocycles. The monoisotopic (exact) mass is 447 g/mol. The van der Waals surface area contributed by atoms with Gasteiger partial charge < -0.3 is 23.5 Å². The zero-order valence-corrected chi connectivity index (χ0v) is 19.2. The van der Waals surface area contributed by atoms with E-state index in [1.165, 1.54) is 13.3 Å². The van der Waals surface area contributed by atoms with Crippen LogP contribution in [-0.4, -0.2) is 44.6 Å². The number of carbonyl (C=O) groups is 1. The molecule has 1 aliphatic heterocycles. The number of rotatable bonds is 9. The summed E-state index contributed by atoms with van der Waals surface area (Å²) in [5.74, 6) is -0.677. The van der Waals surface area contributed by atoms with Crippen molar-refractivity contribution in [2.24, 2.45) is 5.92 Å². The van der Waals surface area contributed by atoms with Gasteiger partial charge in [0.25, 0.3) is 0 Å². The maximum absolute atomic E-state index is 15.5. The zero-order valence-electron chi connectivity index (χ0n) is 19.2. The molecule has 0 fully saturated rings. The van der Waals surface area contributed by atoms with Crippen LogP contribution in [0.2, 0.25) is 0 Å². The van der Waals surface area contributed by atoms with Gasteiger partial charge in [0.2, 0.25) is 5.43 Å². The fourth-order valence-electron chi connectivity index (χ4n) is 4.00. The quantitative estimate of drug-likeness (QED) is 0.427. The summed E-state index contributed by atoms with van der Waals surface area (Å²) < 4.78 is 38.5. The first-order valence-corrected chi connectivity index (χ1v) is 10.8. The SMILES string of the molecule is CCOC(=O)c1cn2c(c(F)c1=O)-c1cc(OC)c(OCCCOC)cc1CC2C(C)C. The molecule has 0 aliphatic carbocycles. The fraction of sp³-hybridized carbons (Fsp3) is 0.500. The summed E-state index contributed by atoms with van der Waals surface area (Å²) in [4.78, 5) is 25.0. The van der Waals surface area contributed by atoms with E-state index in [1.807, 2.05) is 19.9 Å². The Morgan fingerprint density at radius 1 is 1.22 bits per heavy atom. The molecule has 0 saturated carbocycles. The van der Waals surface area contributed by atoms with Crippen LogP contribution in [0.3, 0.4) is 0 Å². The average molecular weight is 448 g/mol. The highest BCUT2D eigenvalue weighted by Gasteiger charge is 2.33. The molecule has 8 heteroatoms. The van der Waals surface area contributed by atoms with Crippen LogP contribution in [0.15, 0.2) is 23.1 Å². The van der Waals surface area contributed by atoms with Crippen molar-refractivity contribution in [1.29, 1.82) is 0 Å². The second-order valence-electron chi connectivity index (χ2n) is 8.03. The Kier molecular flexibility index (Phi) is 7.56. The molecule has 7 nitrogen and oxygen atoms in total. The third-order valence-corrected chi connectivity index (χ3v) is 5.62. The van der Waals surface area contributed by atoms with Gasteiger partial charge in [0.05, 0.1) is 26.0 Å². The topological polar surface area (TPSA) is 76.0 Å². The number of halogens is 1. The molecule has 3 rings (SSSR count). The lowest BCUT2D eigenvalue weighted by Crippen LogP contribution is -2.31. The van der Waals surface area contributed by atoms with Gasteiger partial charge in [-0.15, -0.1) is 0 Å². The van der Waals surface area contributed by atoms with E-state index in [0.29, 0.717) is 36.7 Å². The number of fused-ring (bicyclic) bond motifs is 3. The number of pyridine rings is 1. The second-order valence-corrected chi connectivity index (χ2v) is 8.03. The molecular formula is C24H30FNO6. The smallest absolute Gasteiger partial charge is 0.343 e. The van der Waals surface area contributed by atoms with E-state index in [2.05, 4.69) is 0 Å². The van der Waals surface area contributed by atoms with E-state index in [1.54, 1.807) is 24.7 Å². The highest BCUT2D eigenvalue weighted by Crippen LogP contribution is 2.43. The van der Waals surface area contributed by atoms with Crippen LogP contribution in [-0.2, 0) is 15.9 Å². The fourth-order valence-corrected chi connectivity index (χ4v) is 4.00. The van der Waals surface area contributed by atoms with Crippen LogP contribution in [0.1, 0.15) is 49.2 Å². The molecule has 1 aliphatic rings. The van der Waals surface area contributed by atoms with Crippen LogP contribution < -0.4 is 14.9 Å². The third kappa shape index (κ3) is 4.50. The number of hydrogen-bond donors (Lipinski definition) is 0. The Balaban J connectivity index is 2.16. The minimum Gasteiger partial charge on any atom is -0.493 e. The predicted molar refractivity (Wildman–Crippen MR) is 118 cm³/mol. The Morgan fingerprint density at radius 2 is 1.97 bits per heavy atom. The number of esters is 1. The van der Waals surface area contributed by atoms with E-state index in [9.17, 15) is 9.59 Å². The number of nitrogens with zero attached hydrogens (tertiary/aromatic N) is 1. The maximum atomic E-state index is 15.5. The highest BCUT2D eigenvalue weighted by molar-refractivity contribution is 5.89. The molecule has 0 bridgehead atoms. The summed E-state index contributed by atoms with van der Waals surface area (Å²) >= 11 is 0. The number of methoxy groups -OCH3 is 2. The number of benzene rings is 1. The van der Waals surface area contributed by atoms with Gasteiger partial charge in [0.15, 0.2) is 17.3 Å². The van der Waals surface area contributed by atoms with Crippen molar-refractivity contribution in [3.63, 3.8) is 0 Å². The molecule has 0 amide bonds. The number of ether oxygens (including phenoxy) is 4. The van der Waals surface area contributed by atoms with Crippen molar-refractivity contribution >= 4 is 5.97 Å². The van der Waals surface area contributed by atoms with Gasteiger partial charge in [-0.05, 0) is 37.0 Å². The van der Waals surface area contributed by atoms with Crippen molar-refractivity contribution in [3.05, 3.63) is 45.5 Å². The number of carbonyl (C=O) groups excluding carboxylic acids is 1. The first-order chi connectivity index (χ1) is 15.3. The van der Waals surface area contributed by atoms with Gasteiger partial charge in [0, 0.05) is 37.9 Å². The van der Waals surface area contributed by atoms with Gasteiger partial charge in [0.1, 0.15) is 5.56 Å². The summed E-state index contributed by atoms with van der Waals surface area (Å²) in [5.41, 5.74) is 0.282. The predicted octanol–water partition coefficient (Wildman–Crippen LogP) is 4.01. The molecule has 0 spiro atoms. The molecule has 2 heterocycles. The van der Waals surface area contributed by atoms with Crippen LogP contribution in [0, 0.1) is 11.7 Å². The van der Waals surface area contributed by atoms with Gasteiger partial charge in [-0.2, -0.15) is 0 Å². The number of hydrogen-bond acceptors (Lipinski definition) is 6. The first-order valence-electron chi connectivity index (χ1n) is 10.8. The average Bonchev–Trinajstić information content (AvgIpc) is 2.77. The molecule has 0 radical (unpaired) electrons. The lowest BCUT2D eigenvalue weighted by Gasteiger charge is -2.34. The standard InChI is InChI=1S/C24H30FNO6/c1-6-31-24(28)17-13-26-18(14(2)3)10-15-11-20(32-9-7-8-29-4)19(30-5)12-16(15)22(26)21(25)23(17)27/h11-14,18H,6-10H2,1-5H3. The molecule has 1 aromatic carbocycles. The maximum Gasteiger partial charge on any atom is 0.343 e. The molecular weight excluding hydrogens is 417 g/mol. The van der Waals surface area contributed by atoms with E-state index in [4.69, 9.17) is 18.9 Å². The molecule has 174 valence electrons. The Bertz CT molecular complexity index is 1050. The largest absolute Gasteiger partial charge is 0.493 e. The summed E-state index contributed by atoms with van der Waals surface area (Å²) in [6, 6.07) is 3.38. The van der Waals surface area contributed by atoms with Gasteiger partial charge in [-0.1, -0.05) is 13.8 Å². The lowest BCUT2D eigenvalue weighted by atomic mass is 9.86. The Labute approximate surface area is 187 Å². The van der Waals surface area contributed by atoms with Gasteiger partial charge in [-0.25, -0.2) is 9.18 Å².